The molecule has 2 rings (SSSR count). The van der Waals surface area contributed by atoms with E-state index in [4.69, 9.17) is 4.74 Å². The summed E-state index contributed by atoms with van der Waals surface area (Å²) in [6.45, 7) is 10.7. The van der Waals surface area contributed by atoms with Crippen LogP contribution < -0.4 is 0 Å². The van der Waals surface area contributed by atoms with Crippen molar-refractivity contribution in [2.24, 2.45) is 11.8 Å². The van der Waals surface area contributed by atoms with Gasteiger partial charge in [0.25, 0.3) is 0 Å². The van der Waals surface area contributed by atoms with Crippen molar-refractivity contribution < 1.29 is 4.74 Å². The molecule has 0 bridgehead atoms. The highest BCUT2D eigenvalue weighted by atomic mass is 16.5. The third kappa shape index (κ3) is 1.67. The van der Waals surface area contributed by atoms with Crippen LogP contribution in [-0.2, 0) is 4.74 Å². The van der Waals surface area contributed by atoms with E-state index in [1.807, 2.05) is 6.08 Å². The number of rotatable bonds is 1. The molecule has 0 N–H and O–H groups in total. The van der Waals surface area contributed by atoms with E-state index >= 15 is 0 Å². The molecule has 1 aliphatic carbocycles. The minimum Gasteiger partial charge on any atom is -0.360 e. The summed E-state index contributed by atoms with van der Waals surface area (Å²) in [6, 6.07) is 0. The first-order valence-electron chi connectivity index (χ1n) is 6.03. The Labute approximate surface area is 93.2 Å². The molecule has 4 atom stereocenters. The molecule has 1 nitrogen and oxygen atoms in total. The number of hydrogen-bond acceptors (Lipinski definition) is 1. The molecule has 1 aliphatic heterocycles. The van der Waals surface area contributed by atoms with E-state index in [-0.39, 0.29) is 11.2 Å². The van der Waals surface area contributed by atoms with Crippen molar-refractivity contribution in [3.63, 3.8) is 0 Å². The highest BCUT2D eigenvalue weighted by Gasteiger charge is 2.49. The quantitative estimate of drug-likeness (QED) is 0.594. The third-order valence-electron chi connectivity index (χ3n) is 4.40. The molecule has 1 heterocycles. The van der Waals surface area contributed by atoms with Gasteiger partial charge in [0, 0.05) is 0 Å². The third-order valence-corrected chi connectivity index (χ3v) is 4.40. The van der Waals surface area contributed by atoms with E-state index in [9.17, 15) is 0 Å². The van der Waals surface area contributed by atoms with E-state index in [1.165, 1.54) is 6.42 Å². The highest BCUT2D eigenvalue weighted by Crippen LogP contribution is 2.48. The molecule has 0 aromatic rings. The van der Waals surface area contributed by atoms with Gasteiger partial charge in [-0.2, -0.15) is 0 Å². The van der Waals surface area contributed by atoms with E-state index in [0.717, 1.165) is 18.8 Å². The predicted octanol–water partition coefficient (Wildman–Crippen LogP) is 3.71. The summed E-state index contributed by atoms with van der Waals surface area (Å²) in [6.07, 6.45) is 9.97. The lowest BCUT2D eigenvalue weighted by atomic mass is 9.73. The molecule has 15 heavy (non-hydrogen) atoms. The van der Waals surface area contributed by atoms with Crippen LogP contribution in [0.1, 0.15) is 40.0 Å². The standard InChI is InChI=1S/C14H22O/c1-5-13(4)9-10-14(15-13)8-6-7-11(2)12(14)3/h5-6,8,11-12H,1,7,9-10H2,2-4H3/t11-,12+,13-,14+/m0/s1. The molecule has 0 unspecified atom stereocenters. The number of ether oxygens (including phenoxy) is 1. The zero-order valence-electron chi connectivity index (χ0n) is 10.1. The summed E-state index contributed by atoms with van der Waals surface area (Å²) >= 11 is 0. The summed E-state index contributed by atoms with van der Waals surface area (Å²) < 4.78 is 6.30. The minimum absolute atomic E-state index is 0.0133. The monoisotopic (exact) mass is 206 g/mol. The van der Waals surface area contributed by atoms with Gasteiger partial charge in [0.15, 0.2) is 0 Å². The van der Waals surface area contributed by atoms with Gasteiger partial charge in [0.05, 0.1) is 11.2 Å². The molecule has 2 aliphatic rings. The summed E-state index contributed by atoms with van der Waals surface area (Å²) in [4.78, 5) is 0. The fraction of sp³-hybridized carbons (Fsp3) is 0.714. The van der Waals surface area contributed by atoms with Crippen molar-refractivity contribution in [2.45, 2.75) is 51.2 Å². The van der Waals surface area contributed by atoms with Gasteiger partial charge in [-0.3, -0.25) is 0 Å². The summed E-state index contributed by atoms with van der Waals surface area (Å²) in [7, 11) is 0. The fourth-order valence-electron chi connectivity index (χ4n) is 2.88. The Morgan fingerprint density at radius 1 is 1.40 bits per heavy atom. The molecule has 0 radical (unpaired) electrons. The van der Waals surface area contributed by atoms with E-state index in [0.29, 0.717) is 5.92 Å². The molecule has 84 valence electrons. The first kappa shape index (κ1) is 10.9. The topological polar surface area (TPSA) is 9.23 Å². The normalized spacial score (nSPS) is 49.8. The van der Waals surface area contributed by atoms with Gasteiger partial charge < -0.3 is 4.74 Å². The van der Waals surface area contributed by atoms with Crippen molar-refractivity contribution >= 4 is 0 Å². The molecule has 0 amide bonds. The Kier molecular flexibility index (Phi) is 2.54. The second-order valence-electron chi connectivity index (χ2n) is 5.48. The molecule has 0 aromatic heterocycles. The molecule has 0 saturated carbocycles. The van der Waals surface area contributed by atoms with Gasteiger partial charge in [0.1, 0.15) is 0 Å². The molecule has 1 saturated heterocycles. The van der Waals surface area contributed by atoms with Gasteiger partial charge in [-0.15, -0.1) is 6.58 Å². The predicted molar refractivity (Wildman–Crippen MR) is 63.7 cm³/mol. The Morgan fingerprint density at radius 3 is 2.73 bits per heavy atom. The second kappa shape index (κ2) is 3.48. The lowest BCUT2D eigenvalue weighted by molar-refractivity contribution is -0.0848. The van der Waals surface area contributed by atoms with Gasteiger partial charge in [-0.25, -0.2) is 0 Å². The maximum Gasteiger partial charge on any atom is 0.0903 e. The number of hydrogen-bond donors (Lipinski definition) is 0. The molecule has 0 aromatic carbocycles. The fourth-order valence-corrected chi connectivity index (χ4v) is 2.88. The van der Waals surface area contributed by atoms with Gasteiger partial charge >= 0.3 is 0 Å². The van der Waals surface area contributed by atoms with E-state index in [1.54, 1.807) is 0 Å². The molecule has 1 heteroatoms. The van der Waals surface area contributed by atoms with Crippen molar-refractivity contribution in [2.75, 3.05) is 0 Å². The SMILES string of the molecule is C=C[C@@]1(C)CC[C@@]2(C=CC[C@H](C)[C@H]2C)O1. The lowest BCUT2D eigenvalue weighted by Crippen LogP contribution is -2.41. The van der Waals surface area contributed by atoms with Crippen LogP contribution in [-0.4, -0.2) is 11.2 Å². The van der Waals surface area contributed by atoms with Crippen LogP contribution in [0.5, 0.6) is 0 Å². The Bertz CT molecular complexity index is 294. The average Bonchev–Trinajstić information content (AvgIpc) is 2.55. The Hall–Kier alpha value is -0.560. The van der Waals surface area contributed by atoms with Crippen LogP contribution in [0.15, 0.2) is 24.8 Å². The Morgan fingerprint density at radius 2 is 2.13 bits per heavy atom. The van der Waals surface area contributed by atoms with Crippen molar-refractivity contribution in [1.82, 2.24) is 0 Å². The van der Waals surface area contributed by atoms with Crippen LogP contribution in [0.2, 0.25) is 0 Å². The first-order valence-corrected chi connectivity index (χ1v) is 6.03. The molecular weight excluding hydrogens is 184 g/mol. The summed E-state index contributed by atoms with van der Waals surface area (Å²) in [5.41, 5.74) is -0.129. The lowest BCUT2D eigenvalue weighted by Gasteiger charge is -2.40. The maximum absolute atomic E-state index is 6.30. The smallest absolute Gasteiger partial charge is 0.0903 e. The molecule has 1 fully saturated rings. The largest absolute Gasteiger partial charge is 0.360 e. The zero-order chi connectivity index (χ0) is 11.1. The minimum atomic E-state index is -0.115. The van der Waals surface area contributed by atoms with Crippen LogP contribution >= 0.6 is 0 Å². The van der Waals surface area contributed by atoms with Gasteiger partial charge in [-0.1, -0.05) is 32.1 Å². The second-order valence-corrected chi connectivity index (χ2v) is 5.48. The first-order chi connectivity index (χ1) is 7.01. The molecule has 1 spiro atoms. The van der Waals surface area contributed by atoms with Gasteiger partial charge in [0.2, 0.25) is 0 Å². The Balaban J connectivity index is 2.25. The van der Waals surface area contributed by atoms with Crippen LogP contribution in [0, 0.1) is 11.8 Å². The number of allylic oxidation sites excluding steroid dienone is 1. The van der Waals surface area contributed by atoms with Crippen molar-refractivity contribution in [1.29, 1.82) is 0 Å². The zero-order valence-corrected chi connectivity index (χ0v) is 10.1. The highest BCUT2D eigenvalue weighted by molar-refractivity contribution is 5.17. The van der Waals surface area contributed by atoms with Crippen LogP contribution in [0.4, 0.5) is 0 Å². The van der Waals surface area contributed by atoms with E-state index in [2.05, 4.69) is 39.5 Å². The van der Waals surface area contributed by atoms with Crippen LogP contribution in [0.3, 0.4) is 0 Å². The van der Waals surface area contributed by atoms with E-state index < -0.39 is 0 Å². The summed E-state index contributed by atoms with van der Waals surface area (Å²) in [5.74, 6) is 1.34. The van der Waals surface area contributed by atoms with Crippen molar-refractivity contribution in [3.05, 3.63) is 24.8 Å². The molecular formula is C14H22O. The summed E-state index contributed by atoms with van der Waals surface area (Å²) in [5, 5.41) is 0. The average molecular weight is 206 g/mol. The van der Waals surface area contributed by atoms with Crippen molar-refractivity contribution in [3.8, 4) is 0 Å². The maximum atomic E-state index is 6.30. The van der Waals surface area contributed by atoms with Gasteiger partial charge in [-0.05, 0) is 38.0 Å². The van der Waals surface area contributed by atoms with Crippen LogP contribution in [0.25, 0.3) is 0 Å².